The fraction of sp³-hybridized carbons (Fsp3) is 0.615. The van der Waals surface area contributed by atoms with Gasteiger partial charge in [0.1, 0.15) is 0 Å². The highest BCUT2D eigenvalue weighted by Gasteiger charge is 2.14. The maximum atomic E-state index is 5.80. The highest BCUT2D eigenvalue weighted by molar-refractivity contribution is 6.18. The van der Waals surface area contributed by atoms with Crippen LogP contribution in [0.15, 0.2) is 18.3 Å². The second-order valence-corrected chi connectivity index (χ2v) is 4.90. The van der Waals surface area contributed by atoms with Crippen LogP contribution >= 0.6 is 11.6 Å². The molecule has 1 saturated heterocycles. The van der Waals surface area contributed by atoms with Crippen molar-refractivity contribution in [1.82, 2.24) is 9.88 Å². The van der Waals surface area contributed by atoms with Crippen molar-refractivity contribution in [3.63, 3.8) is 0 Å². The summed E-state index contributed by atoms with van der Waals surface area (Å²) < 4.78 is 0. The smallest absolute Gasteiger partial charge is 0.0400 e. The molecule has 2 heterocycles. The van der Waals surface area contributed by atoms with Crippen LogP contribution in [0.25, 0.3) is 0 Å². The average Bonchev–Trinajstić information content (AvgIpc) is 2.55. The first kappa shape index (κ1) is 12.7. The van der Waals surface area contributed by atoms with E-state index in [4.69, 9.17) is 11.6 Å². The molecule has 0 saturated carbocycles. The van der Waals surface area contributed by atoms with Crippen molar-refractivity contribution in [3.8, 4) is 0 Å². The van der Waals surface area contributed by atoms with Crippen molar-refractivity contribution in [2.45, 2.75) is 13.3 Å². The molecule has 0 aliphatic carbocycles. The molecule has 0 bridgehead atoms. The van der Waals surface area contributed by atoms with Gasteiger partial charge in [-0.05, 0) is 32.0 Å². The molecule has 94 valence electrons. The molecule has 0 radical (unpaired) electrons. The predicted molar refractivity (Wildman–Crippen MR) is 73.0 cm³/mol. The summed E-state index contributed by atoms with van der Waals surface area (Å²) in [5.41, 5.74) is 2.38. The lowest BCUT2D eigenvalue weighted by Crippen LogP contribution is -2.31. The molecule has 0 unspecified atom stereocenters. The van der Waals surface area contributed by atoms with Crippen LogP contribution < -0.4 is 4.90 Å². The molecule has 0 aromatic carbocycles. The standard InChI is InChI=1S/C13H20ClN3/c1-12-11-13(3-5-15-12)17-7-2-6-16(8-4-14)9-10-17/h3,5,11H,2,4,6-10H2,1H3. The molecule has 3 nitrogen and oxygen atoms in total. The maximum absolute atomic E-state index is 5.80. The Balaban J connectivity index is 1.99. The molecule has 1 aromatic heterocycles. The number of hydrogen-bond acceptors (Lipinski definition) is 3. The zero-order chi connectivity index (χ0) is 12.1. The van der Waals surface area contributed by atoms with Gasteiger partial charge in [-0.15, -0.1) is 11.6 Å². The summed E-state index contributed by atoms with van der Waals surface area (Å²) >= 11 is 5.80. The zero-order valence-electron chi connectivity index (χ0n) is 10.4. The third-order valence-electron chi connectivity index (χ3n) is 3.23. The number of pyridine rings is 1. The van der Waals surface area contributed by atoms with Gasteiger partial charge < -0.3 is 9.80 Å². The van der Waals surface area contributed by atoms with Crippen LogP contribution in [0.1, 0.15) is 12.1 Å². The summed E-state index contributed by atoms with van der Waals surface area (Å²) in [5, 5.41) is 0. The van der Waals surface area contributed by atoms with Crippen LogP contribution in [0.5, 0.6) is 0 Å². The molecule has 1 aliphatic heterocycles. The summed E-state index contributed by atoms with van der Waals surface area (Å²) in [5.74, 6) is 0.731. The fourth-order valence-electron chi connectivity index (χ4n) is 2.30. The number of aryl methyl sites for hydroxylation is 1. The SMILES string of the molecule is Cc1cc(N2CCCN(CCCl)CC2)ccn1. The first-order chi connectivity index (χ1) is 8.29. The van der Waals surface area contributed by atoms with Gasteiger partial charge in [0.15, 0.2) is 0 Å². The van der Waals surface area contributed by atoms with E-state index in [2.05, 4.69) is 26.9 Å². The second-order valence-electron chi connectivity index (χ2n) is 4.53. The van der Waals surface area contributed by atoms with E-state index in [0.717, 1.165) is 44.3 Å². The molecule has 0 spiro atoms. The van der Waals surface area contributed by atoms with Crippen molar-refractivity contribution in [2.24, 2.45) is 0 Å². The number of hydrogen-bond donors (Lipinski definition) is 0. The molecule has 0 atom stereocenters. The van der Waals surface area contributed by atoms with Crippen LogP contribution in [0.4, 0.5) is 5.69 Å². The topological polar surface area (TPSA) is 19.4 Å². The van der Waals surface area contributed by atoms with E-state index >= 15 is 0 Å². The van der Waals surface area contributed by atoms with Crippen LogP contribution in [0.3, 0.4) is 0 Å². The molecular weight excluding hydrogens is 234 g/mol. The molecule has 2 rings (SSSR count). The first-order valence-corrected chi connectivity index (χ1v) is 6.79. The van der Waals surface area contributed by atoms with Crippen molar-refractivity contribution >= 4 is 17.3 Å². The van der Waals surface area contributed by atoms with Crippen molar-refractivity contribution in [1.29, 1.82) is 0 Å². The monoisotopic (exact) mass is 253 g/mol. The lowest BCUT2D eigenvalue weighted by Gasteiger charge is -2.23. The van der Waals surface area contributed by atoms with Gasteiger partial charge >= 0.3 is 0 Å². The van der Waals surface area contributed by atoms with Crippen molar-refractivity contribution in [3.05, 3.63) is 24.0 Å². The third-order valence-corrected chi connectivity index (χ3v) is 3.40. The van der Waals surface area contributed by atoms with E-state index in [1.165, 1.54) is 12.1 Å². The molecule has 4 heteroatoms. The van der Waals surface area contributed by atoms with Gasteiger partial charge in [-0.2, -0.15) is 0 Å². The van der Waals surface area contributed by atoms with Gasteiger partial charge in [0.25, 0.3) is 0 Å². The number of aromatic nitrogens is 1. The number of nitrogens with zero attached hydrogens (tertiary/aromatic N) is 3. The maximum Gasteiger partial charge on any atom is 0.0400 e. The summed E-state index contributed by atoms with van der Waals surface area (Å²) in [6.07, 6.45) is 3.10. The molecule has 0 amide bonds. The van der Waals surface area contributed by atoms with E-state index in [9.17, 15) is 0 Å². The Morgan fingerprint density at radius 2 is 2.18 bits per heavy atom. The number of rotatable bonds is 3. The molecular formula is C13H20ClN3. The Morgan fingerprint density at radius 1 is 1.29 bits per heavy atom. The lowest BCUT2D eigenvalue weighted by molar-refractivity contribution is 0.311. The van der Waals surface area contributed by atoms with E-state index in [1.807, 2.05) is 13.1 Å². The highest BCUT2D eigenvalue weighted by atomic mass is 35.5. The van der Waals surface area contributed by atoms with Gasteiger partial charge in [0.2, 0.25) is 0 Å². The normalized spacial score (nSPS) is 18.1. The number of anilines is 1. The minimum atomic E-state index is 0.731. The Labute approximate surface area is 108 Å². The quantitative estimate of drug-likeness (QED) is 0.770. The predicted octanol–water partition coefficient (Wildman–Crippen LogP) is 2.14. The fourth-order valence-corrected chi connectivity index (χ4v) is 2.54. The molecule has 1 fully saturated rings. The summed E-state index contributed by atoms with van der Waals surface area (Å²) in [4.78, 5) is 9.14. The van der Waals surface area contributed by atoms with Gasteiger partial charge in [-0.1, -0.05) is 0 Å². The van der Waals surface area contributed by atoms with Gasteiger partial charge in [-0.25, -0.2) is 0 Å². The Hall–Kier alpha value is -0.800. The van der Waals surface area contributed by atoms with E-state index in [1.54, 1.807) is 0 Å². The zero-order valence-corrected chi connectivity index (χ0v) is 11.2. The van der Waals surface area contributed by atoms with E-state index in [0.29, 0.717) is 0 Å². The minimum Gasteiger partial charge on any atom is -0.370 e. The van der Waals surface area contributed by atoms with Crippen LogP contribution in [0, 0.1) is 6.92 Å². The second kappa shape index (κ2) is 6.22. The molecule has 0 N–H and O–H groups in total. The average molecular weight is 254 g/mol. The lowest BCUT2D eigenvalue weighted by atomic mass is 10.3. The Bertz CT molecular complexity index is 356. The molecule has 1 aliphatic rings. The summed E-state index contributed by atoms with van der Waals surface area (Å²) in [6.45, 7) is 7.52. The van der Waals surface area contributed by atoms with Gasteiger partial charge in [0.05, 0.1) is 0 Å². The largest absolute Gasteiger partial charge is 0.370 e. The van der Waals surface area contributed by atoms with Gasteiger partial charge in [0, 0.05) is 49.6 Å². The third kappa shape index (κ3) is 3.58. The van der Waals surface area contributed by atoms with Crippen molar-refractivity contribution < 1.29 is 0 Å². The van der Waals surface area contributed by atoms with Crippen LogP contribution in [-0.4, -0.2) is 48.5 Å². The van der Waals surface area contributed by atoms with Crippen molar-refractivity contribution in [2.75, 3.05) is 43.5 Å². The summed E-state index contributed by atoms with van der Waals surface area (Å²) in [6, 6.07) is 4.27. The Morgan fingerprint density at radius 3 is 2.94 bits per heavy atom. The van der Waals surface area contributed by atoms with E-state index in [-0.39, 0.29) is 0 Å². The van der Waals surface area contributed by atoms with Crippen LogP contribution in [-0.2, 0) is 0 Å². The minimum absolute atomic E-state index is 0.731. The summed E-state index contributed by atoms with van der Waals surface area (Å²) in [7, 11) is 0. The first-order valence-electron chi connectivity index (χ1n) is 6.25. The molecule has 1 aromatic rings. The van der Waals surface area contributed by atoms with Gasteiger partial charge in [-0.3, -0.25) is 4.98 Å². The highest BCUT2D eigenvalue weighted by Crippen LogP contribution is 2.16. The van der Waals surface area contributed by atoms with Crippen LogP contribution in [0.2, 0.25) is 0 Å². The number of halogens is 1. The van der Waals surface area contributed by atoms with E-state index < -0.39 is 0 Å². The Kier molecular flexibility index (Phi) is 4.63. The number of alkyl halides is 1. The molecule has 17 heavy (non-hydrogen) atoms.